The number of nitrogens with zero attached hydrogens (tertiary/aromatic N) is 2. The number of carbonyl (C=O) groups excluding carboxylic acids is 4. The average Bonchev–Trinajstić information content (AvgIpc) is 3.27. The van der Waals surface area contributed by atoms with Crippen LogP contribution in [0.25, 0.3) is 0 Å². The normalized spacial score (nSPS) is 32.0. The quantitative estimate of drug-likeness (QED) is 0.122. The Hall–Kier alpha value is -2.69. The van der Waals surface area contributed by atoms with E-state index >= 15 is 0 Å². The summed E-state index contributed by atoms with van der Waals surface area (Å²) in [6.45, 7) is 3.91. The molecular formula is C30H31BrCl2N2O7. The van der Waals surface area contributed by atoms with E-state index < -0.39 is 51.2 Å². The van der Waals surface area contributed by atoms with Crippen molar-refractivity contribution in [2.75, 3.05) is 12.0 Å². The predicted octanol–water partition coefficient (Wildman–Crippen LogP) is 4.48. The summed E-state index contributed by atoms with van der Waals surface area (Å²) in [6, 6.07) is 5.09. The van der Waals surface area contributed by atoms with E-state index in [1.54, 1.807) is 24.3 Å². The number of alkyl halides is 3. The minimum atomic E-state index is -1.99. The van der Waals surface area contributed by atoms with E-state index in [-0.39, 0.29) is 48.8 Å². The Kier molecular flexibility index (Phi) is 8.37. The molecule has 0 radical (unpaired) electrons. The molecule has 3 fully saturated rings. The third kappa shape index (κ3) is 4.44. The molecule has 1 aromatic carbocycles. The molecular weight excluding hydrogens is 651 g/mol. The molecule has 2 aliphatic carbocycles. The number of amides is 4. The number of likely N-dealkylation sites (tertiary alicyclic amines) is 2. The van der Waals surface area contributed by atoms with E-state index in [1.165, 1.54) is 4.90 Å². The Bertz CT molecular complexity index is 1420. The summed E-state index contributed by atoms with van der Waals surface area (Å²) in [7, 11) is 0. The number of benzene rings is 1. The zero-order valence-corrected chi connectivity index (χ0v) is 25.8. The molecule has 5 rings (SSSR count). The van der Waals surface area contributed by atoms with Gasteiger partial charge in [0, 0.05) is 24.4 Å². The zero-order valence-electron chi connectivity index (χ0n) is 22.7. The molecule has 9 nitrogen and oxygen atoms in total. The van der Waals surface area contributed by atoms with Crippen LogP contribution in [-0.4, -0.2) is 71.4 Å². The Labute approximate surface area is 261 Å². The molecule has 1 aromatic rings. The minimum absolute atomic E-state index is 0.0148. The van der Waals surface area contributed by atoms with E-state index in [0.29, 0.717) is 42.4 Å². The Morgan fingerprint density at radius 3 is 2.48 bits per heavy atom. The van der Waals surface area contributed by atoms with Crippen LogP contribution in [0.3, 0.4) is 0 Å². The molecule has 6 unspecified atom stereocenters. The van der Waals surface area contributed by atoms with Crippen LogP contribution in [-0.2, 0) is 30.4 Å². The molecule has 4 amide bonds. The summed E-state index contributed by atoms with van der Waals surface area (Å²) < 4.78 is 0. The van der Waals surface area contributed by atoms with Gasteiger partial charge in [-0.15, -0.1) is 29.8 Å². The molecule has 6 atom stereocenters. The highest BCUT2D eigenvalue weighted by Crippen LogP contribution is 2.66. The first-order valence-electron chi connectivity index (χ1n) is 13.9. The fourth-order valence-electron chi connectivity index (χ4n) is 7.27. The third-order valence-corrected chi connectivity index (χ3v) is 11.1. The number of para-hydroxylation sites is 1. The van der Waals surface area contributed by atoms with Crippen molar-refractivity contribution in [2.24, 2.45) is 17.8 Å². The van der Waals surface area contributed by atoms with Crippen LogP contribution in [0.4, 0.5) is 0 Å². The molecule has 1 saturated carbocycles. The van der Waals surface area contributed by atoms with Crippen LogP contribution in [0, 0.1) is 17.8 Å². The molecule has 4 aliphatic rings. The van der Waals surface area contributed by atoms with E-state index in [4.69, 9.17) is 28.3 Å². The van der Waals surface area contributed by atoms with Crippen LogP contribution < -0.4 is 0 Å². The molecule has 2 N–H and O–H groups in total. The van der Waals surface area contributed by atoms with Gasteiger partial charge in [-0.25, -0.2) is 0 Å². The number of halogens is 3. The number of phenolic OH excluding ortho intramolecular Hbond substituents is 1. The maximum absolute atomic E-state index is 13.9. The summed E-state index contributed by atoms with van der Waals surface area (Å²) >= 11 is 17.6. The topological polar surface area (TPSA) is 132 Å². The number of carboxylic acid groups (broad SMARTS) is 1. The SMILES string of the molecule is C=CCc1cccc(C2C3=CCC4C(=O)N(CCCCCC(=O)O)C(=O)C4C3CC3(Cl)C(=O)N(CBr)C(=O)C23Cl)c1O. The number of phenols is 1. The lowest BCUT2D eigenvalue weighted by Gasteiger charge is -2.50. The van der Waals surface area contributed by atoms with Crippen molar-refractivity contribution in [2.45, 2.75) is 60.6 Å². The van der Waals surface area contributed by atoms with Gasteiger partial charge in [0.25, 0.3) is 11.8 Å². The average molecular weight is 682 g/mol. The Morgan fingerprint density at radius 2 is 1.81 bits per heavy atom. The highest BCUT2D eigenvalue weighted by molar-refractivity contribution is 9.09. The molecule has 0 spiro atoms. The fraction of sp³-hybridized carbons (Fsp3) is 0.500. The molecule has 12 heteroatoms. The van der Waals surface area contributed by atoms with Gasteiger partial charge in [-0.1, -0.05) is 58.3 Å². The number of carboxylic acids is 1. The number of aliphatic carboxylic acids is 1. The first-order valence-corrected chi connectivity index (χ1v) is 15.8. The monoisotopic (exact) mass is 680 g/mol. The Balaban J connectivity index is 1.57. The Morgan fingerprint density at radius 1 is 1.07 bits per heavy atom. The molecule has 42 heavy (non-hydrogen) atoms. The zero-order chi connectivity index (χ0) is 30.6. The summed E-state index contributed by atoms with van der Waals surface area (Å²) in [6.07, 6.45) is 5.37. The first-order chi connectivity index (χ1) is 19.9. The maximum atomic E-state index is 13.9. The van der Waals surface area contributed by atoms with Crippen molar-refractivity contribution >= 4 is 68.7 Å². The summed E-state index contributed by atoms with van der Waals surface area (Å²) in [5.41, 5.74) is 1.34. The molecule has 0 aromatic heterocycles. The van der Waals surface area contributed by atoms with Crippen LogP contribution in [0.1, 0.15) is 55.6 Å². The van der Waals surface area contributed by atoms with Gasteiger partial charge in [-0.3, -0.25) is 33.8 Å². The number of aromatic hydroxyl groups is 1. The fourth-order valence-corrected chi connectivity index (χ4v) is 8.69. The van der Waals surface area contributed by atoms with Crippen molar-refractivity contribution in [3.8, 4) is 5.75 Å². The van der Waals surface area contributed by atoms with Gasteiger partial charge >= 0.3 is 5.97 Å². The largest absolute Gasteiger partial charge is 0.507 e. The van der Waals surface area contributed by atoms with Crippen molar-refractivity contribution in [3.63, 3.8) is 0 Å². The minimum Gasteiger partial charge on any atom is -0.507 e. The summed E-state index contributed by atoms with van der Waals surface area (Å²) in [5, 5.41) is 20.3. The van der Waals surface area contributed by atoms with E-state index in [1.807, 2.05) is 6.08 Å². The number of carbonyl (C=O) groups is 5. The lowest BCUT2D eigenvalue weighted by Crippen LogP contribution is -2.60. The number of hydrogen-bond donors (Lipinski definition) is 2. The van der Waals surface area contributed by atoms with Gasteiger partial charge in [0.15, 0.2) is 9.75 Å². The van der Waals surface area contributed by atoms with Crippen molar-refractivity contribution in [3.05, 3.63) is 53.6 Å². The van der Waals surface area contributed by atoms with Gasteiger partial charge < -0.3 is 10.2 Å². The first kappa shape index (κ1) is 30.8. The lowest BCUT2D eigenvalue weighted by atomic mass is 9.56. The molecule has 224 valence electrons. The number of unbranched alkanes of at least 4 members (excludes halogenated alkanes) is 2. The standard InChI is InChI=1S/C30H31BrCl2N2O7/c1-2-7-16-8-6-9-19(24(16)38)23-17-11-12-18-22(26(40)34(25(18)39)13-5-3-4-10-21(36)37)20(17)14-29(32)27(41)35(15-31)28(42)30(23,29)33/h2,6,8-9,11,18,20,22-23,38H,1,3-5,7,10,12-15H2,(H,36,37). The third-order valence-electron chi connectivity index (χ3n) is 9.20. The van der Waals surface area contributed by atoms with Crippen LogP contribution in [0.15, 0.2) is 42.5 Å². The number of rotatable bonds is 10. The van der Waals surface area contributed by atoms with Crippen molar-refractivity contribution in [1.29, 1.82) is 0 Å². The van der Waals surface area contributed by atoms with Crippen molar-refractivity contribution < 1.29 is 34.2 Å². The molecule has 0 bridgehead atoms. The van der Waals surface area contributed by atoms with Gasteiger partial charge in [0.1, 0.15) is 5.75 Å². The van der Waals surface area contributed by atoms with E-state index in [9.17, 15) is 29.1 Å². The van der Waals surface area contributed by atoms with Gasteiger partial charge in [0.2, 0.25) is 11.8 Å². The summed E-state index contributed by atoms with van der Waals surface area (Å²) in [5.74, 6) is -6.27. The van der Waals surface area contributed by atoms with Crippen LogP contribution >= 0.6 is 39.1 Å². The van der Waals surface area contributed by atoms with E-state index in [2.05, 4.69) is 22.5 Å². The van der Waals surface area contributed by atoms with Crippen LogP contribution in [0.5, 0.6) is 5.75 Å². The highest BCUT2D eigenvalue weighted by Gasteiger charge is 2.76. The van der Waals surface area contributed by atoms with Gasteiger partial charge in [-0.05, 0) is 43.6 Å². The number of allylic oxidation sites excluding steroid dienone is 3. The molecule has 2 saturated heterocycles. The lowest BCUT2D eigenvalue weighted by molar-refractivity contribution is -0.141. The number of imide groups is 2. The number of fused-ring (bicyclic) bond motifs is 4. The smallest absolute Gasteiger partial charge is 0.303 e. The van der Waals surface area contributed by atoms with Crippen molar-refractivity contribution in [1.82, 2.24) is 9.80 Å². The second-order valence-corrected chi connectivity index (χ2v) is 13.1. The summed E-state index contributed by atoms with van der Waals surface area (Å²) in [4.78, 5) is 64.0. The molecule has 2 heterocycles. The van der Waals surface area contributed by atoms with E-state index in [0.717, 1.165) is 4.90 Å². The highest BCUT2D eigenvalue weighted by atomic mass is 79.9. The van der Waals surface area contributed by atoms with Gasteiger partial charge in [-0.2, -0.15) is 0 Å². The van der Waals surface area contributed by atoms with Crippen LogP contribution in [0.2, 0.25) is 0 Å². The predicted molar refractivity (Wildman–Crippen MR) is 158 cm³/mol. The number of hydrogen-bond acceptors (Lipinski definition) is 6. The second-order valence-electron chi connectivity index (χ2n) is 11.4. The van der Waals surface area contributed by atoms with Gasteiger partial charge in [0.05, 0.1) is 17.3 Å². The maximum Gasteiger partial charge on any atom is 0.303 e. The molecule has 2 aliphatic heterocycles. The second kappa shape index (κ2) is 11.4.